The molecule has 1 aliphatic heterocycles. The highest BCUT2D eigenvalue weighted by molar-refractivity contribution is 5.47. The zero-order valence-electron chi connectivity index (χ0n) is 12.3. The Bertz CT molecular complexity index is 448. The molecule has 0 spiro atoms. The summed E-state index contributed by atoms with van der Waals surface area (Å²) >= 11 is 0. The van der Waals surface area contributed by atoms with Crippen molar-refractivity contribution in [3.05, 3.63) is 23.3 Å². The molecule has 4 heteroatoms. The van der Waals surface area contributed by atoms with Crippen molar-refractivity contribution in [1.82, 2.24) is 4.90 Å². The van der Waals surface area contributed by atoms with Gasteiger partial charge in [-0.3, -0.25) is 4.90 Å². The summed E-state index contributed by atoms with van der Waals surface area (Å²) in [7, 11) is 5.55. The van der Waals surface area contributed by atoms with E-state index in [0.717, 1.165) is 31.0 Å². The molecule has 1 heterocycles. The second-order valence-electron chi connectivity index (χ2n) is 5.34. The number of rotatable bonds is 4. The second-order valence-corrected chi connectivity index (χ2v) is 5.34. The summed E-state index contributed by atoms with van der Waals surface area (Å²) in [4.78, 5) is 2.37. The lowest BCUT2D eigenvalue weighted by Crippen LogP contribution is -2.21. The molecule has 2 atom stereocenters. The SMILES string of the molecule is COc1cc(OC)c(C)c(C2CC(CN)CN2C)c1. The molecule has 1 saturated heterocycles. The van der Waals surface area contributed by atoms with Crippen LogP contribution in [0.1, 0.15) is 23.6 Å². The van der Waals surface area contributed by atoms with Crippen LogP contribution >= 0.6 is 0 Å². The molecule has 2 rings (SSSR count). The molecule has 1 fully saturated rings. The van der Waals surface area contributed by atoms with Crippen LogP contribution in [-0.2, 0) is 0 Å². The first-order chi connectivity index (χ1) is 9.10. The molecular weight excluding hydrogens is 240 g/mol. The zero-order valence-corrected chi connectivity index (χ0v) is 12.3. The van der Waals surface area contributed by atoms with Crippen LogP contribution in [0.15, 0.2) is 12.1 Å². The van der Waals surface area contributed by atoms with Crippen molar-refractivity contribution in [2.75, 3.05) is 34.4 Å². The molecule has 1 aliphatic rings. The Hall–Kier alpha value is -1.26. The molecule has 0 amide bonds. The molecule has 2 unspecified atom stereocenters. The van der Waals surface area contributed by atoms with Crippen LogP contribution in [0.25, 0.3) is 0 Å². The second kappa shape index (κ2) is 5.80. The molecule has 1 aromatic rings. The van der Waals surface area contributed by atoms with E-state index in [9.17, 15) is 0 Å². The van der Waals surface area contributed by atoms with Gasteiger partial charge in [-0.25, -0.2) is 0 Å². The molecule has 106 valence electrons. The van der Waals surface area contributed by atoms with E-state index in [-0.39, 0.29) is 0 Å². The summed E-state index contributed by atoms with van der Waals surface area (Å²) in [5.41, 5.74) is 8.29. The summed E-state index contributed by atoms with van der Waals surface area (Å²) < 4.78 is 10.8. The summed E-state index contributed by atoms with van der Waals surface area (Å²) in [5, 5.41) is 0. The molecule has 0 radical (unpaired) electrons. The lowest BCUT2D eigenvalue weighted by Gasteiger charge is -2.23. The molecular formula is C15H24N2O2. The highest BCUT2D eigenvalue weighted by Gasteiger charge is 2.31. The minimum atomic E-state index is 0.401. The third-order valence-electron chi connectivity index (χ3n) is 4.16. The maximum Gasteiger partial charge on any atom is 0.125 e. The summed E-state index contributed by atoms with van der Waals surface area (Å²) in [6.07, 6.45) is 1.10. The number of hydrogen-bond donors (Lipinski definition) is 1. The minimum absolute atomic E-state index is 0.401. The third-order valence-corrected chi connectivity index (χ3v) is 4.16. The average molecular weight is 264 g/mol. The van der Waals surface area contributed by atoms with Gasteiger partial charge in [-0.1, -0.05) is 0 Å². The molecule has 0 aliphatic carbocycles. The van der Waals surface area contributed by atoms with Gasteiger partial charge in [0.25, 0.3) is 0 Å². The van der Waals surface area contributed by atoms with Crippen LogP contribution in [-0.4, -0.2) is 39.3 Å². The van der Waals surface area contributed by atoms with E-state index in [4.69, 9.17) is 15.2 Å². The van der Waals surface area contributed by atoms with Crippen molar-refractivity contribution < 1.29 is 9.47 Å². The van der Waals surface area contributed by atoms with Crippen molar-refractivity contribution in [2.24, 2.45) is 11.7 Å². The first kappa shape index (κ1) is 14.2. The Morgan fingerprint density at radius 3 is 2.58 bits per heavy atom. The van der Waals surface area contributed by atoms with Crippen LogP contribution in [0.4, 0.5) is 0 Å². The highest BCUT2D eigenvalue weighted by Crippen LogP contribution is 2.39. The first-order valence-corrected chi connectivity index (χ1v) is 6.73. The minimum Gasteiger partial charge on any atom is -0.497 e. The van der Waals surface area contributed by atoms with Crippen LogP contribution in [0, 0.1) is 12.8 Å². The summed E-state index contributed by atoms with van der Waals surface area (Å²) in [6, 6.07) is 4.46. The van der Waals surface area contributed by atoms with Crippen LogP contribution in [0.3, 0.4) is 0 Å². The van der Waals surface area contributed by atoms with Gasteiger partial charge in [-0.2, -0.15) is 0 Å². The number of methoxy groups -OCH3 is 2. The van der Waals surface area contributed by atoms with E-state index >= 15 is 0 Å². The van der Waals surface area contributed by atoms with Gasteiger partial charge in [0.05, 0.1) is 14.2 Å². The topological polar surface area (TPSA) is 47.7 Å². The van der Waals surface area contributed by atoms with Gasteiger partial charge in [0.2, 0.25) is 0 Å². The Morgan fingerprint density at radius 1 is 1.32 bits per heavy atom. The normalized spacial score (nSPS) is 23.6. The third kappa shape index (κ3) is 2.69. The summed E-state index contributed by atoms with van der Waals surface area (Å²) in [5.74, 6) is 2.31. The van der Waals surface area contributed by atoms with Gasteiger partial charge in [-0.15, -0.1) is 0 Å². The van der Waals surface area contributed by atoms with Crippen molar-refractivity contribution >= 4 is 0 Å². The quantitative estimate of drug-likeness (QED) is 0.903. The monoisotopic (exact) mass is 264 g/mol. The van der Waals surface area contributed by atoms with Gasteiger partial charge >= 0.3 is 0 Å². The standard InChI is InChI=1S/C15H24N2O2/c1-10-13(6-12(18-3)7-15(10)19-4)14-5-11(8-16)9-17(14)2/h6-7,11,14H,5,8-9,16H2,1-4H3. The smallest absolute Gasteiger partial charge is 0.125 e. The largest absolute Gasteiger partial charge is 0.497 e. The molecule has 1 aromatic carbocycles. The van der Waals surface area contributed by atoms with E-state index in [1.807, 2.05) is 6.07 Å². The van der Waals surface area contributed by atoms with Crippen molar-refractivity contribution in [3.8, 4) is 11.5 Å². The lowest BCUT2D eigenvalue weighted by molar-refractivity contribution is 0.309. The average Bonchev–Trinajstić information content (AvgIpc) is 2.80. The van der Waals surface area contributed by atoms with Crippen molar-refractivity contribution in [1.29, 1.82) is 0 Å². The Labute approximate surface area is 115 Å². The fraction of sp³-hybridized carbons (Fsp3) is 0.600. The van der Waals surface area contributed by atoms with E-state index < -0.39 is 0 Å². The Balaban J connectivity index is 2.38. The Morgan fingerprint density at radius 2 is 2.05 bits per heavy atom. The summed E-state index contributed by atoms with van der Waals surface area (Å²) in [6.45, 7) is 3.92. The zero-order chi connectivity index (χ0) is 14.0. The molecule has 0 bridgehead atoms. The highest BCUT2D eigenvalue weighted by atomic mass is 16.5. The van der Waals surface area contributed by atoms with E-state index in [1.165, 1.54) is 11.1 Å². The fourth-order valence-electron chi connectivity index (χ4n) is 3.00. The van der Waals surface area contributed by atoms with Gasteiger partial charge in [0.1, 0.15) is 11.5 Å². The molecule has 19 heavy (non-hydrogen) atoms. The number of nitrogens with two attached hydrogens (primary N) is 1. The number of likely N-dealkylation sites (tertiary alicyclic amines) is 1. The maximum atomic E-state index is 5.81. The molecule has 4 nitrogen and oxygen atoms in total. The molecule has 0 saturated carbocycles. The molecule has 2 N–H and O–H groups in total. The van der Waals surface area contributed by atoms with E-state index in [2.05, 4.69) is 24.9 Å². The van der Waals surface area contributed by atoms with Gasteiger partial charge < -0.3 is 15.2 Å². The van der Waals surface area contributed by atoms with Crippen molar-refractivity contribution in [3.63, 3.8) is 0 Å². The van der Waals surface area contributed by atoms with Gasteiger partial charge in [0, 0.05) is 18.7 Å². The lowest BCUT2D eigenvalue weighted by atomic mass is 9.95. The van der Waals surface area contributed by atoms with Crippen LogP contribution < -0.4 is 15.2 Å². The fourth-order valence-corrected chi connectivity index (χ4v) is 3.00. The molecule has 0 aromatic heterocycles. The van der Waals surface area contributed by atoms with Gasteiger partial charge in [-0.05, 0) is 50.0 Å². The van der Waals surface area contributed by atoms with Crippen LogP contribution in [0.2, 0.25) is 0 Å². The Kier molecular flexibility index (Phi) is 4.32. The van der Waals surface area contributed by atoms with E-state index in [1.54, 1.807) is 14.2 Å². The van der Waals surface area contributed by atoms with Gasteiger partial charge in [0.15, 0.2) is 0 Å². The maximum absolute atomic E-state index is 5.81. The predicted molar refractivity (Wildman–Crippen MR) is 76.8 cm³/mol. The number of nitrogens with zero attached hydrogens (tertiary/aromatic N) is 1. The van der Waals surface area contributed by atoms with Crippen molar-refractivity contribution in [2.45, 2.75) is 19.4 Å². The van der Waals surface area contributed by atoms with Crippen LogP contribution in [0.5, 0.6) is 11.5 Å². The number of benzene rings is 1. The number of hydrogen-bond acceptors (Lipinski definition) is 4. The van der Waals surface area contributed by atoms with E-state index in [0.29, 0.717) is 12.0 Å². The first-order valence-electron chi connectivity index (χ1n) is 6.73. The predicted octanol–water partition coefficient (Wildman–Crippen LogP) is 1.96. The number of ether oxygens (including phenoxy) is 2.